The van der Waals surface area contributed by atoms with Gasteiger partial charge in [-0.15, -0.1) is 11.3 Å². The molecule has 0 bridgehead atoms. The lowest BCUT2D eigenvalue weighted by atomic mass is 10.2. The number of thiazole rings is 1. The Hall–Kier alpha value is -1.55. The number of rotatable bonds is 5. The van der Waals surface area contributed by atoms with E-state index in [1.807, 2.05) is 0 Å². The molecule has 1 aromatic rings. The van der Waals surface area contributed by atoms with E-state index in [0.29, 0.717) is 6.42 Å². The number of aliphatic carboxylic acids is 2. The van der Waals surface area contributed by atoms with E-state index >= 15 is 0 Å². The van der Waals surface area contributed by atoms with Crippen LogP contribution in [0.15, 0.2) is 10.9 Å². The van der Waals surface area contributed by atoms with Crippen LogP contribution < -0.4 is 11.5 Å². The summed E-state index contributed by atoms with van der Waals surface area (Å²) >= 11 is 1.43. The molecule has 0 saturated carbocycles. The maximum Gasteiger partial charge on any atom is 0.322 e. The molecule has 7 N–H and O–H groups in total. The van der Waals surface area contributed by atoms with E-state index < -0.39 is 30.6 Å². The first kappa shape index (κ1) is 16.4. The smallest absolute Gasteiger partial charge is 0.322 e. The average molecular weight is 277 g/mol. The Labute approximate surface area is 107 Å². The minimum Gasteiger partial charge on any atom is -0.480 e. The molecule has 102 valence electrons. The second-order valence-electron chi connectivity index (χ2n) is 3.26. The molecule has 0 radical (unpaired) electrons. The molecule has 0 spiro atoms. The molecule has 0 saturated heterocycles. The number of carboxylic acids is 2. The van der Waals surface area contributed by atoms with Crippen molar-refractivity contribution >= 4 is 23.3 Å². The van der Waals surface area contributed by atoms with Crippen molar-refractivity contribution in [1.82, 2.24) is 4.98 Å². The molecular weight excluding hydrogens is 262 g/mol. The number of hydrogen-bond acceptors (Lipinski definition) is 7. The molecule has 1 rings (SSSR count). The molecule has 2 unspecified atom stereocenters. The Bertz CT molecular complexity index is 370. The summed E-state index contributed by atoms with van der Waals surface area (Å²) in [5, 5.41) is 26.1. The number of aliphatic hydroxyl groups excluding tert-OH is 1. The second-order valence-corrected chi connectivity index (χ2v) is 3.97. The summed E-state index contributed by atoms with van der Waals surface area (Å²) in [4.78, 5) is 23.8. The summed E-state index contributed by atoms with van der Waals surface area (Å²) in [6, 6.07) is -1.96. The maximum absolute atomic E-state index is 10.3. The lowest BCUT2D eigenvalue weighted by Crippen LogP contribution is -2.33. The molecular formula is C9H15N3O5S. The molecule has 18 heavy (non-hydrogen) atoms. The Kier molecular flexibility index (Phi) is 7.79. The van der Waals surface area contributed by atoms with E-state index in [9.17, 15) is 9.59 Å². The minimum atomic E-state index is -1.18. The number of carboxylic acid groups (broad SMARTS) is 2. The van der Waals surface area contributed by atoms with Gasteiger partial charge in [-0.05, 0) is 0 Å². The molecule has 2 atom stereocenters. The van der Waals surface area contributed by atoms with Crippen LogP contribution in [-0.4, -0.2) is 50.9 Å². The molecule has 0 aromatic carbocycles. The molecule has 0 amide bonds. The van der Waals surface area contributed by atoms with Gasteiger partial charge in [0.25, 0.3) is 0 Å². The lowest BCUT2D eigenvalue weighted by molar-refractivity contribution is -0.140. The fourth-order valence-corrected chi connectivity index (χ4v) is 1.30. The second kappa shape index (κ2) is 8.53. The molecule has 0 aliphatic heterocycles. The van der Waals surface area contributed by atoms with Crippen LogP contribution in [0.5, 0.6) is 0 Å². The van der Waals surface area contributed by atoms with Crippen LogP contribution >= 0.6 is 11.3 Å². The zero-order valence-electron chi connectivity index (χ0n) is 9.39. The van der Waals surface area contributed by atoms with Gasteiger partial charge in [-0.25, -0.2) is 4.98 Å². The zero-order valence-corrected chi connectivity index (χ0v) is 10.2. The fraction of sp³-hybridized carbons (Fsp3) is 0.444. The predicted octanol–water partition coefficient (Wildman–Crippen LogP) is -1.51. The van der Waals surface area contributed by atoms with Gasteiger partial charge in [0, 0.05) is 11.8 Å². The standard InChI is InChI=1S/C6H8N2O2S.C3H7NO3/c7-5(6(9)10)1-4-2-11-3-8-4;4-2(1-5)3(6)7/h2-3,5H,1,7H2,(H,9,10);2,5H,1,4H2,(H,6,7). The monoisotopic (exact) mass is 277 g/mol. The lowest BCUT2D eigenvalue weighted by Gasteiger charge is -2.01. The van der Waals surface area contributed by atoms with Gasteiger partial charge >= 0.3 is 11.9 Å². The number of nitrogens with two attached hydrogens (primary N) is 2. The Morgan fingerprint density at radius 3 is 2.11 bits per heavy atom. The van der Waals surface area contributed by atoms with Gasteiger partial charge < -0.3 is 26.8 Å². The first-order valence-electron chi connectivity index (χ1n) is 4.83. The molecule has 1 aromatic heterocycles. The highest BCUT2D eigenvalue weighted by Gasteiger charge is 2.12. The van der Waals surface area contributed by atoms with Gasteiger partial charge in [0.2, 0.25) is 0 Å². The minimum absolute atomic E-state index is 0.304. The van der Waals surface area contributed by atoms with Crippen molar-refractivity contribution in [3.05, 3.63) is 16.6 Å². The molecule has 8 nitrogen and oxygen atoms in total. The van der Waals surface area contributed by atoms with Crippen molar-refractivity contribution in [3.8, 4) is 0 Å². The van der Waals surface area contributed by atoms with Crippen molar-refractivity contribution < 1.29 is 24.9 Å². The van der Waals surface area contributed by atoms with Gasteiger partial charge in [-0.1, -0.05) is 0 Å². The third-order valence-electron chi connectivity index (χ3n) is 1.74. The first-order chi connectivity index (χ1) is 8.38. The Morgan fingerprint density at radius 1 is 1.28 bits per heavy atom. The summed E-state index contributed by atoms with van der Waals surface area (Å²) in [7, 11) is 0. The molecule has 0 aliphatic carbocycles. The number of aromatic nitrogens is 1. The molecule has 0 fully saturated rings. The van der Waals surface area contributed by atoms with Crippen LogP contribution in [0.25, 0.3) is 0 Å². The van der Waals surface area contributed by atoms with Crippen molar-refractivity contribution in [2.24, 2.45) is 11.5 Å². The molecule has 9 heteroatoms. The van der Waals surface area contributed by atoms with Gasteiger partial charge in [-0.3, -0.25) is 9.59 Å². The number of aliphatic hydroxyl groups is 1. The van der Waals surface area contributed by atoms with Crippen molar-refractivity contribution in [1.29, 1.82) is 0 Å². The van der Waals surface area contributed by atoms with Gasteiger partial charge in [0.15, 0.2) is 0 Å². The normalized spacial score (nSPS) is 13.1. The summed E-state index contributed by atoms with van der Waals surface area (Å²) in [6.07, 6.45) is 0.304. The van der Waals surface area contributed by atoms with Crippen LogP contribution in [0, 0.1) is 0 Å². The van der Waals surface area contributed by atoms with E-state index in [1.54, 1.807) is 10.9 Å². The molecule has 1 heterocycles. The third kappa shape index (κ3) is 6.91. The van der Waals surface area contributed by atoms with Crippen LogP contribution in [0.3, 0.4) is 0 Å². The number of carbonyl (C=O) groups is 2. The van der Waals surface area contributed by atoms with Crippen LogP contribution in [0.1, 0.15) is 5.69 Å². The van der Waals surface area contributed by atoms with E-state index in [4.69, 9.17) is 26.8 Å². The molecule has 0 aliphatic rings. The summed E-state index contributed by atoms with van der Waals surface area (Å²) in [5.74, 6) is -2.17. The van der Waals surface area contributed by atoms with Crippen LogP contribution in [-0.2, 0) is 16.0 Å². The SMILES string of the molecule is NC(CO)C(=O)O.NC(Cc1cscn1)C(=O)O. The topological polar surface area (TPSA) is 160 Å². The predicted molar refractivity (Wildman–Crippen MR) is 64.1 cm³/mol. The summed E-state index contributed by atoms with van der Waals surface area (Å²) in [6.45, 7) is -0.505. The summed E-state index contributed by atoms with van der Waals surface area (Å²) < 4.78 is 0. The van der Waals surface area contributed by atoms with Crippen molar-refractivity contribution in [2.45, 2.75) is 18.5 Å². The van der Waals surface area contributed by atoms with Gasteiger partial charge in [-0.2, -0.15) is 0 Å². The van der Waals surface area contributed by atoms with Crippen molar-refractivity contribution in [2.75, 3.05) is 6.61 Å². The maximum atomic E-state index is 10.3. The fourth-order valence-electron chi connectivity index (χ4n) is 0.729. The van der Waals surface area contributed by atoms with E-state index in [1.165, 1.54) is 11.3 Å². The largest absolute Gasteiger partial charge is 0.480 e. The number of nitrogens with zero attached hydrogens (tertiary/aromatic N) is 1. The highest BCUT2D eigenvalue weighted by molar-refractivity contribution is 7.07. The Morgan fingerprint density at radius 2 is 1.83 bits per heavy atom. The first-order valence-corrected chi connectivity index (χ1v) is 5.77. The zero-order chi connectivity index (χ0) is 14.1. The quantitative estimate of drug-likeness (QED) is 0.434. The van der Waals surface area contributed by atoms with Crippen LogP contribution in [0.2, 0.25) is 0 Å². The van der Waals surface area contributed by atoms with E-state index in [2.05, 4.69) is 4.98 Å². The van der Waals surface area contributed by atoms with Gasteiger partial charge in [0.05, 0.1) is 17.8 Å². The van der Waals surface area contributed by atoms with Crippen LogP contribution in [0.4, 0.5) is 0 Å². The summed E-state index contributed by atoms with van der Waals surface area (Å²) in [5.41, 5.74) is 12.4. The van der Waals surface area contributed by atoms with Crippen molar-refractivity contribution in [3.63, 3.8) is 0 Å². The number of hydrogen-bond donors (Lipinski definition) is 5. The van der Waals surface area contributed by atoms with E-state index in [0.717, 1.165) is 5.69 Å². The average Bonchev–Trinajstić information content (AvgIpc) is 2.81. The Balaban J connectivity index is 0.000000360. The highest BCUT2D eigenvalue weighted by atomic mass is 32.1. The van der Waals surface area contributed by atoms with Gasteiger partial charge in [0.1, 0.15) is 12.1 Å². The third-order valence-corrected chi connectivity index (χ3v) is 2.38. The van der Waals surface area contributed by atoms with E-state index in [-0.39, 0.29) is 0 Å². The highest BCUT2D eigenvalue weighted by Crippen LogP contribution is 2.03.